The Labute approximate surface area is 377 Å². The summed E-state index contributed by atoms with van der Waals surface area (Å²) in [7, 11) is 0. The summed E-state index contributed by atoms with van der Waals surface area (Å²) in [5.74, 6) is 0. The molecule has 1 heterocycles. The van der Waals surface area contributed by atoms with Crippen LogP contribution in [0.15, 0.2) is 243 Å². The van der Waals surface area contributed by atoms with Gasteiger partial charge in [-0.15, -0.1) is 0 Å². The quantitative estimate of drug-likeness (QED) is 0.168. The fourth-order valence-electron chi connectivity index (χ4n) is 11.7. The first-order valence-electron chi connectivity index (χ1n) is 22.6. The second-order valence-corrected chi connectivity index (χ2v) is 17.6. The molecule has 2 nitrogen and oxygen atoms in total. The highest BCUT2D eigenvalue weighted by molar-refractivity contribution is 6.11. The molecule has 2 heteroatoms. The van der Waals surface area contributed by atoms with E-state index in [2.05, 4.69) is 252 Å². The Kier molecular flexibility index (Phi) is 7.64. The van der Waals surface area contributed by atoms with Crippen LogP contribution in [0.25, 0.3) is 82.4 Å². The van der Waals surface area contributed by atoms with Crippen LogP contribution in [0.1, 0.15) is 22.3 Å². The molecule has 11 aromatic carbocycles. The fraction of sp³-hybridized carbons (Fsp3) is 0.0159. The normalized spacial score (nSPS) is 14.5. The zero-order valence-corrected chi connectivity index (χ0v) is 35.5. The van der Waals surface area contributed by atoms with Gasteiger partial charge in [-0.05, 0) is 132 Å². The topological polar surface area (TPSA) is 8.17 Å². The number of nitrogens with zero attached hydrogens (tertiary/aromatic N) is 2. The molecule has 0 N–H and O–H groups in total. The van der Waals surface area contributed by atoms with Crippen molar-refractivity contribution < 1.29 is 0 Å². The van der Waals surface area contributed by atoms with E-state index in [1.54, 1.807) is 0 Å². The van der Waals surface area contributed by atoms with Crippen LogP contribution >= 0.6 is 0 Å². The van der Waals surface area contributed by atoms with Crippen molar-refractivity contribution in [2.75, 3.05) is 4.90 Å². The molecule has 0 radical (unpaired) electrons. The molecule has 0 bridgehead atoms. The lowest BCUT2D eigenvalue weighted by Crippen LogP contribution is -2.32. The zero-order valence-electron chi connectivity index (χ0n) is 35.5. The second-order valence-electron chi connectivity index (χ2n) is 17.6. The van der Waals surface area contributed by atoms with Crippen LogP contribution in [0.2, 0.25) is 0 Å². The van der Waals surface area contributed by atoms with Gasteiger partial charge in [0.25, 0.3) is 0 Å². The number of anilines is 3. The summed E-state index contributed by atoms with van der Waals surface area (Å²) < 4.78 is 2.42. The van der Waals surface area contributed by atoms with Crippen molar-refractivity contribution in [2.45, 2.75) is 5.41 Å². The van der Waals surface area contributed by atoms with E-state index in [9.17, 15) is 0 Å². The van der Waals surface area contributed by atoms with Gasteiger partial charge in [0.1, 0.15) is 0 Å². The van der Waals surface area contributed by atoms with Crippen LogP contribution < -0.4 is 4.90 Å². The number of rotatable bonds is 5. The summed E-state index contributed by atoms with van der Waals surface area (Å²) in [4.78, 5) is 2.48. The predicted molar refractivity (Wildman–Crippen MR) is 272 cm³/mol. The summed E-state index contributed by atoms with van der Waals surface area (Å²) in [5, 5.41) is 7.49. The first kappa shape index (κ1) is 36.1. The second kappa shape index (κ2) is 13.8. The van der Waals surface area contributed by atoms with Crippen LogP contribution in [0.5, 0.6) is 0 Å². The van der Waals surface area contributed by atoms with E-state index in [0.717, 1.165) is 22.7 Å². The molecule has 0 aliphatic heterocycles. The maximum atomic E-state index is 2.53. The number of hydrogen-bond acceptors (Lipinski definition) is 1. The third kappa shape index (κ3) is 5.05. The SMILES string of the molecule is c1ccc(-c2cccc3c2-c2ccc(N(c4ccc5ccccc5c4)c4ccc5c6ccccc6n(-c6ccccc6)c5c4)cc2C32c3ccccc3-c3cccc4cccc2c34)cc1. The Bertz CT molecular complexity index is 3890. The van der Waals surface area contributed by atoms with Crippen LogP contribution in [-0.4, -0.2) is 4.57 Å². The van der Waals surface area contributed by atoms with Gasteiger partial charge in [-0.2, -0.15) is 0 Å². The molecular weight excluding hydrogens is 785 g/mol. The van der Waals surface area contributed by atoms with Crippen molar-refractivity contribution in [3.05, 3.63) is 265 Å². The van der Waals surface area contributed by atoms with Crippen molar-refractivity contribution in [1.82, 2.24) is 4.57 Å². The third-order valence-electron chi connectivity index (χ3n) is 14.3. The number of fused-ring (bicyclic) bond motifs is 13. The van der Waals surface area contributed by atoms with Crippen molar-refractivity contribution in [1.29, 1.82) is 0 Å². The summed E-state index contributed by atoms with van der Waals surface area (Å²) >= 11 is 0. The molecule has 0 amide bonds. The van der Waals surface area contributed by atoms with Crippen molar-refractivity contribution in [3.8, 4) is 39.1 Å². The molecule has 302 valence electrons. The summed E-state index contributed by atoms with van der Waals surface area (Å²) in [6, 6.07) is 90.4. The smallest absolute Gasteiger partial charge is 0.0726 e. The number of hydrogen-bond donors (Lipinski definition) is 0. The zero-order chi connectivity index (χ0) is 42.6. The highest BCUT2D eigenvalue weighted by Gasteiger charge is 2.51. The molecule has 65 heavy (non-hydrogen) atoms. The Morgan fingerprint density at radius 3 is 1.82 bits per heavy atom. The molecule has 14 rings (SSSR count). The van der Waals surface area contributed by atoms with E-state index in [0.29, 0.717) is 0 Å². The highest BCUT2D eigenvalue weighted by Crippen LogP contribution is 2.64. The third-order valence-corrected chi connectivity index (χ3v) is 14.3. The average Bonchev–Trinajstić information content (AvgIpc) is 3.86. The van der Waals surface area contributed by atoms with Gasteiger partial charge in [-0.3, -0.25) is 0 Å². The Morgan fingerprint density at radius 1 is 0.323 bits per heavy atom. The minimum Gasteiger partial charge on any atom is -0.310 e. The van der Waals surface area contributed by atoms with Crippen LogP contribution in [0.3, 0.4) is 0 Å². The fourth-order valence-corrected chi connectivity index (χ4v) is 11.7. The standard InChI is InChI=1S/C63H40N2/c1-3-17-42(18-4-1)49-26-15-30-57-62(49)54-37-35-47(39-58(54)63(57)55-28-11-9-24-50(55)53-27-13-20-43-21-14-29-56(63)61(43)53)64(46-33-32-41-16-7-8-19-44(41)38-46)48-34-36-52-51-25-10-12-31-59(51)65(60(52)40-48)45-22-5-2-6-23-45/h1-40H. The highest BCUT2D eigenvalue weighted by atomic mass is 15.1. The van der Waals surface area contributed by atoms with Gasteiger partial charge in [-0.1, -0.05) is 188 Å². The van der Waals surface area contributed by atoms with Gasteiger partial charge in [0.15, 0.2) is 0 Å². The minimum atomic E-state index is -0.589. The van der Waals surface area contributed by atoms with Gasteiger partial charge in [0.05, 0.1) is 16.4 Å². The predicted octanol–water partition coefficient (Wildman–Crippen LogP) is 16.6. The molecule has 1 unspecified atom stereocenters. The molecule has 1 spiro atoms. The van der Waals surface area contributed by atoms with E-state index >= 15 is 0 Å². The molecule has 2 aliphatic rings. The number of para-hydroxylation sites is 2. The first-order chi connectivity index (χ1) is 32.3. The Balaban J connectivity index is 1.09. The Morgan fingerprint density at radius 2 is 0.923 bits per heavy atom. The van der Waals surface area contributed by atoms with Gasteiger partial charge in [0, 0.05) is 33.5 Å². The van der Waals surface area contributed by atoms with Gasteiger partial charge in [-0.25, -0.2) is 0 Å². The minimum absolute atomic E-state index is 0.589. The molecule has 2 aliphatic carbocycles. The van der Waals surface area contributed by atoms with Gasteiger partial charge in [0.2, 0.25) is 0 Å². The monoisotopic (exact) mass is 824 g/mol. The lowest BCUT2D eigenvalue weighted by Gasteiger charge is -2.40. The molecule has 12 aromatic rings. The molecular formula is C63H40N2. The van der Waals surface area contributed by atoms with Gasteiger partial charge < -0.3 is 9.47 Å². The Hall–Kier alpha value is -8.46. The van der Waals surface area contributed by atoms with E-state index in [4.69, 9.17) is 0 Å². The van der Waals surface area contributed by atoms with Crippen LogP contribution in [0, 0.1) is 0 Å². The van der Waals surface area contributed by atoms with Crippen LogP contribution in [0.4, 0.5) is 17.1 Å². The van der Waals surface area contributed by atoms with Gasteiger partial charge >= 0.3 is 0 Å². The number of aromatic nitrogens is 1. The van der Waals surface area contributed by atoms with E-state index in [-0.39, 0.29) is 0 Å². The molecule has 0 saturated carbocycles. The lowest BCUT2D eigenvalue weighted by molar-refractivity contribution is 0.773. The maximum Gasteiger partial charge on any atom is 0.0726 e. The molecule has 0 fully saturated rings. The summed E-state index contributed by atoms with van der Waals surface area (Å²) in [6.07, 6.45) is 0. The first-order valence-corrected chi connectivity index (χ1v) is 22.6. The van der Waals surface area contributed by atoms with E-state index in [1.165, 1.54) is 99.0 Å². The number of benzene rings is 11. The average molecular weight is 825 g/mol. The van der Waals surface area contributed by atoms with Crippen molar-refractivity contribution in [2.24, 2.45) is 0 Å². The van der Waals surface area contributed by atoms with Crippen molar-refractivity contribution >= 4 is 60.4 Å². The van der Waals surface area contributed by atoms with E-state index < -0.39 is 5.41 Å². The molecule has 1 atom stereocenters. The van der Waals surface area contributed by atoms with Crippen LogP contribution in [-0.2, 0) is 5.41 Å². The van der Waals surface area contributed by atoms with Crippen molar-refractivity contribution in [3.63, 3.8) is 0 Å². The molecule has 0 saturated heterocycles. The maximum absolute atomic E-state index is 2.53. The lowest BCUT2D eigenvalue weighted by atomic mass is 9.61. The summed E-state index contributed by atoms with van der Waals surface area (Å²) in [5.41, 5.74) is 19.1. The largest absolute Gasteiger partial charge is 0.310 e. The van der Waals surface area contributed by atoms with E-state index in [1.807, 2.05) is 0 Å². The summed E-state index contributed by atoms with van der Waals surface area (Å²) in [6.45, 7) is 0. The molecule has 1 aromatic heterocycles.